The van der Waals surface area contributed by atoms with E-state index in [2.05, 4.69) is 26.6 Å². The van der Waals surface area contributed by atoms with Crippen molar-refractivity contribution in [2.75, 3.05) is 5.32 Å². The number of aryl methyl sites for hydroxylation is 1. The first-order valence-electron chi connectivity index (χ1n) is 6.52. The number of benzene rings is 1. The second kappa shape index (κ2) is 5.83. The number of aliphatic carboxylic acids is 1. The zero-order chi connectivity index (χ0) is 14.8. The Hall–Kier alpha value is -1.56. The standard InChI is InChI=1S/C14H17BrN2O3/c1-9-4-5-10(15)8-11(9)16-13(20)17-14(12(18)19)6-2-3-7-14/h4-5,8H,2-3,6-7H2,1H3,(H,18,19)(H2,16,17,20). The number of nitrogens with one attached hydrogen (secondary N) is 2. The molecule has 6 heteroatoms. The largest absolute Gasteiger partial charge is 0.480 e. The summed E-state index contributed by atoms with van der Waals surface area (Å²) < 4.78 is 0.854. The third-order valence-corrected chi connectivity index (χ3v) is 4.16. The predicted octanol–water partition coefficient (Wildman–Crippen LogP) is 3.28. The maximum atomic E-state index is 12.0. The Bertz CT molecular complexity index is 539. The number of carbonyl (C=O) groups excluding carboxylic acids is 1. The van der Waals surface area contributed by atoms with Crippen molar-refractivity contribution >= 4 is 33.6 Å². The highest BCUT2D eigenvalue weighted by Crippen LogP contribution is 2.30. The third-order valence-electron chi connectivity index (χ3n) is 3.67. The van der Waals surface area contributed by atoms with Crippen LogP contribution in [0, 0.1) is 6.92 Å². The lowest BCUT2D eigenvalue weighted by Gasteiger charge is -2.25. The van der Waals surface area contributed by atoms with E-state index in [-0.39, 0.29) is 0 Å². The van der Waals surface area contributed by atoms with Crippen LogP contribution < -0.4 is 10.6 Å². The van der Waals surface area contributed by atoms with Crippen molar-refractivity contribution < 1.29 is 14.7 Å². The molecule has 0 radical (unpaired) electrons. The summed E-state index contributed by atoms with van der Waals surface area (Å²) in [6.45, 7) is 1.88. The number of anilines is 1. The molecule has 1 saturated carbocycles. The summed E-state index contributed by atoms with van der Waals surface area (Å²) in [5.74, 6) is -0.962. The van der Waals surface area contributed by atoms with Gasteiger partial charge in [-0.3, -0.25) is 0 Å². The number of carboxylic acids is 1. The van der Waals surface area contributed by atoms with Gasteiger partial charge < -0.3 is 15.7 Å². The van der Waals surface area contributed by atoms with Crippen LogP contribution in [0.4, 0.5) is 10.5 Å². The van der Waals surface area contributed by atoms with Crippen molar-refractivity contribution in [3.63, 3.8) is 0 Å². The molecular formula is C14H17BrN2O3. The van der Waals surface area contributed by atoms with Crippen LogP contribution in [-0.4, -0.2) is 22.6 Å². The molecule has 1 fully saturated rings. The number of halogens is 1. The molecule has 0 unspecified atom stereocenters. The number of rotatable bonds is 3. The molecule has 108 valence electrons. The van der Waals surface area contributed by atoms with Crippen LogP contribution in [0.1, 0.15) is 31.2 Å². The van der Waals surface area contributed by atoms with Crippen LogP contribution in [0.3, 0.4) is 0 Å². The van der Waals surface area contributed by atoms with Crippen molar-refractivity contribution in [2.45, 2.75) is 38.1 Å². The number of amides is 2. The second-order valence-electron chi connectivity index (χ2n) is 5.13. The lowest BCUT2D eigenvalue weighted by atomic mass is 9.98. The lowest BCUT2D eigenvalue weighted by molar-refractivity contribution is -0.144. The van der Waals surface area contributed by atoms with Crippen LogP contribution in [-0.2, 0) is 4.79 Å². The van der Waals surface area contributed by atoms with Gasteiger partial charge in [0.15, 0.2) is 0 Å². The molecule has 0 atom stereocenters. The molecule has 0 saturated heterocycles. The van der Waals surface area contributed by atoms with Crippen LogP contribution in [0.15, 0.2) is 22.7 Å². The molecule has 2 rings (SSSR count). The highest BCUT2D eigenvalue weighted by Gasteiger charge is 2.42. The number of hydrogen-bond acceptors (Lipinski definition) is 2. The Labute approximate surface area is 125 Å². The van der Waals surface area contributed by atoms with Crippen molar-refractivity contribution in [3.8, 4) is 0 Å². The first kappa shape index (κ1) is 14.8. The average molecular weight is 341 g/mol. The third kappa shape index (κ3) is 3.12. The number of carbonyl (C=O) groups is 2. The molecule has 0 spiro atoms. The molecule has 0 heterocycles. The highest BCUT2D eigenvalue weighted by molar-refractivity contribution is 9.10. The fourth-order valence-corrected chi connectivity index (χ4v) is 2.83. The topological polar surface area (TPSA) is 78.4 Å². The van der Waals surface area contributed by atoms with Gasteiger partial charge in [0.1, 0.15) is 5.54 Å². The normalized spacial score (nSPS) is 16.7. The van der Waals surface area contributed by atoms with Crippen molar-refractivity contribution in [2.24, 2.45) is 0 Å². The Balaban J connectivity index is 2.08. The fourth-order valence-electron chi connectivity index (χ4n) is 2.47. The van der Waals surface area contributed by atoms with Gasteiger partial charge >= 0.3 is 12.0 Å². The van der Waals surface area contributed by atoms with E-state index in [4.69, 9.17) is 0 Å². The Kier molecular flexibility index (Phi) is 4.32. The maximum Gasteiger partial charge on any atom is 0.329 e. The van der Waals surface area contributed by atoms with Gasteiger partial charge in [0, 0.05) is 10.2 Å². The molecule has 0 aliphatic heterocycles. The molecule has 0 bridgehead atoms. The molecule has 20 heavy (non-hydrogen) atoms. The average Bonchev–Trinajstić information content (AvgIpc) is 2.83. The minimum Gasteiger partial charge on any atom is -0.480 e. The van der Waals surface area contributed by atoms with E-state index < -0.39 is 17.5 Å². The quantitative estimate of drug-likeness (QED) is 0.789. The molecule has 1 aromatic carbocycles. The van der Waals surface area contributed by atoms with Gasteiger partial charge in [-0.25, -0.2) is 9.59 Å². The molecule has 2 amide bonds. The van der Waals surface area contributed by atoms with Gasteiger partial charge in [-0.15, -0.1) is 0 Å². The number of hydrogen-bond donors (Lipinski definition) is 3. The molecule has 1 aliphatic carbocycles. The van der Waals surface area contributed by atoms with Crippen LogP contribution >= 0.6 is 15.9 Å². The monoisotopic (exact) mass is 340 g/mol. The smallest absolute Gasteiger partial charge is 0.329 e. The van der Waals surface area contributed by atoms with Gasteiger partial charge in [0.2, 0.25) is 0 Å². The molecule has 1 aromatic rings. The van der Waals surface area contributed by atoms with Gasteiger partial charge in [0.05, 0.1) is 0 Å². The first-order chi connectivity index (χ1) is 9.43. The summed E-state index contributed by atoms with van der Waals surface area (Å²) >= 11 is 3.34. The summed E-state index contributed by atoms with van der Waals surface area (Å²) in [6, 6.07) is 5.07. The minimum absolute atomic E-state index is 0.476. The number of carboxylic acid groups (broad SMARTS) is 1. The summed E-state index contributed by atoms with van der Waals surface area (Å²) in [6.07, 6.45) is 2.60. The summed E-state index contributed by atoms with van der Waals surface area (Å²) in [5, 5.41) is 14.7. The van der Waals surface area contributed by atoms with Gasteiger partial charge in [-0.05, 0) is 37.5 Å². The van der Waals surface area contributed by atoms with E-state index in [0.717, 1.165) is 22.9 Å². The first-order valence-corrected chi connectivity index (χ1v) is 7.31. The molecular weight excluding hydrogens is 324 g/mol. The predicted molar refractivity (Wildman–Crippen MR) is 79.9 cm³/mol. The molecule has 0 aromatic heterocycles. The summed E-state index contributed by atoms with van der Waals surface area (Å²) in [7, 11) is 0. The molecule has 5 nitrogen and oxygen atoms in total. The maximum absolute atomic E-state index is 12.0. The van der Waals surface area contributed by atoms with E-state index in [1.165, 1.54) is 0 Å². The van der Waals surface area contributed by atoms with Gasteiger partial charge in [-0.2, -0.15) is 0 Å². The van der Waals surface area contributed by atoms with E-state index >= 15 is 0 Å². The Morgan fingerprint density at radius 2 is 1.95 bits per heavy atom. The zero-order valence-corrected chi connectivity index (χ0v) is 12.8. The van der Waals surface area contributed by atoms with Gasteiger partial charge in [-0.1, -0.05) is 34.8 Å². The van der Waals surface area contributed by atoms with Crippen molar-refractivity contribution in [3.05, 3.63) is 28.2 Å². The fraction of sp³-hybridized carbons (Fsp3) is 0.429. The number of urea groups is 1. The summed E-state index contributed by atoms with van der Waals surface area (Å²) in [4.78, 5) is 23.4. The summed E-state index contributed by atoms with van der Waals surface area (Å²) in [5.41, 5.74) is 0.457. The van der Waals surface area contributed by atoms with Crippen LogP contribution in [0.25, 0.3) is 0 Å². The van der Waals surface area contributed by atoms with E-state index in [9.17, 15) is 14.7 Å². The van der Waals surface area contributed by atoms with Crippen molar-refractivity contribution in [1.82, 2.24) is 5.32 Å². The van der Waals surface area contributed by atoms with Gasteiger partial charge in [0.25, 0.3) is 0 Å². The molecule has 1 aliphatic rings. The highest BCUT2D eigenvalue weighted by atomic mass is 79.9. The van der Waals surface area contributed by atoms with Crippen LogP contribution in [0.2, 0.25) is 0 Å². The minimum atomic E-state index is -1.12. The zero-order valence-electron chi connectivity index (χ0n) is 11.2. The molecule has 3 N–H and O–H groups in total. The van der Waals surface area contributed by atoms with E-state index in [0.29, 0.717) is 18.5 Å². The van der Waals surface area contributed by atoms with Crippen LogP contribution in [0.5, 0.6) is 0 Å². The Morgan fingerprint density at radius 3 is 2.55 bits per heavy atom. The van der Waals surface area contributed by atoms with E-state index in [1.54, 1.807) is 6.07 Å². The Morgan fingerprint density at radius 1 is 1.30 bits per heavy atom. The second-order valence-corrected chi connectivity index (χ2v) is 6.05. The van der Waals surface area contributed by atoms with Crippen molar-refractivity contribution in [1.29, 1.82) is 0 Å². The van der Waals surface area contributed by atoms with E-state index in [1.807, 2.05) is 19.1 Å². The SMILES string of the molecule is Cc1ccc(Br)cc1NC(=O)NC1(C(=O)O)CCCC1. The lowest BCUT2D eigenvalue weighted by Crippen LogP contribution is -2.53.